The molecule has 2 nitrogen and oxygen atoms in total. The van der Waals surface area contributed by atoms with Crippen LogP contribution in [-0.2, 0) is 6.42 Å². The van der Waals surface area contributed by atoms with Gasteiger partial charge in [-0.05, 0) is 44.0 Å². The third kappa shape index (κ3) is 3.78. The summed E-state index contributed by atoms with van der Waals surface area (Å²) in [6.45, 7) is 5.01. The van der Waals surface area contributed by atoms with Crippen LogP contribution in [0.4, 0.5) is 4.39 Å². The molecule has 1 aromatic carbocycles. The van der Waals surface area contributed by atoms with Crippen molar-refractivity contribution in [1.82, 2.24) is 10.3 Å². The molecule has 0 aliphatic rings. The van der Waals surface area contributed by atoms with Crippen molar-refractivity contribution in [3.8, 4) is 0 Å². The second kappa shape index (κ2) is 7.16. The minimum Gasteiger partial charge on any atom is -0.309 e. The Balaban J connectivity index is 2.21. The van der Waals surface area contributed by atoms with E-state index >= 15 is 0 Å². The third-order valence-electron chi connectivity index (χ3n) is 3.18. The van der Waals surface area contributed by atoms with Gasteiger partial charge in [-0.25, -0.2) is 9.37 Å². The standard InChI is InChI=1S/C15H18ClFN2S/c1-3-6-18-14(15-10(2)19-9-20-15)7-11-4-5-12(16)8-13(11)17/h4-5,8-9,14,18H,3,6-7H2,1-2H3. The highest BCUT2D eigenvalue weighted by atomic mass is 35.5. The van der Waals surface area contributed by atoms with Crippen LogP contribution in [0.3, 0.4) is 0 Å². The fourth-order valence-corrected chi connectivity index (χ4v) is 3.17. The van der Waals surface area contributed by atoms with Crippen molar-refractivity contribution < 1.29 is 4.39 Å². The van der Waals surface area contributed by atoms with Gasteiger partial charge in [0.05, 0.1) is 11.2 Å². The molecule has 5 heteroatoms. The lowest BCUT2D eigenvalue weighted by molar-refractivity contribution is 0.517. The van der Waals surface area contributed by atoms with Crippen molar-refractivity contribution in [3.63, 3.8) is 0 Å². The second-order valence-electron chi connectivity index (χ2n) is 4.75. The third-order valence-corrected chi connectivity index (χ3v) is 4.46. The predicted octanol–water partition coefficient (Wildman–Crippen LogP) is 4.53. The Bertz CT molecular complexity index is 571. The van der Waals surface area contributed by atoms with E-state index in [9.17, 15) is 4.39 Å². The lowest BCUT2D eigenvalue weighted by atomic mass is 10.0. The van der Waals surface area contributed by atoms with Crippen LogP contribution in [0.1, 0.15) is 35.5 Å². The molecule has 0 fully saturated rings. The number of benzene rings is 1. The molecule has 2 aromatic rings. The zero-order chi connectivity index (χ0) is 14.5. The average molecular weight is 313 g/mol. The Labute approximate surface area is 128 Å². The van der Waals surface area contributed by atoms with Gasteiger partial charge >= 0.3 is 0 Å². The van der Waals surface area contributed by atoms with Crippen LogP contribution in [0.25, 0.3) is 0 Å². The molecule has 1 aromatic heterocycles. The molecular weight excluding hydrogens is 295 g/mol. The first-order valence-corrected chi connectivity index (χ1v) is 7.95. The van der Waals surface area contributed by atoms with E-state index in [1.807, 2.05) is 12.4 Å². The van der Waals surface area contributed by atoms with Gasteiger partial charge in [0.2, 0.25) is 0 Å². The number of thiazole rings is 1. The topological polar surface area (TPSA) is 24.9 Å². The van der Waals surface area contributed by atoms with Crippen LogP contribution in [0.15, 0.2) is 23.7 Å². The normalized spacial score (nSPS) is 12.6. The fraction of sp³-hybridized carbons (Fsp3) is 0.400. The van der Waals surface area contributed by atoms with E-state index in [0.29, 0.717) is 17.0 Å². The molecule has 0 radical (unpaired) electrons. The van der Waals surface area contributed by atoms with Crippen LogP contribution in [0.2, 0.25) is 5.02 Å². The van der Waals surface area contributed by atoms with E-state index < -0.39 is 0 Å². The number of nitrogens with zero attached hydrogens (tertiary/aromatic N) is 1. The molecule has 1 atom stereocenters. The average Bonchev–Trinajstić information content (AvgIpc) is 2.83. The summed E-state index contributed by atoms with van der Waals surface area (Å²) in [5.74, 6) is -0.247. The smallest absolute Gasteiger partial charge is 0.127 e. The van der Waals surface area contributed by atoms with E-state index in [1.165, 1.54) is 10.9 Å². The minimum atomic E-state index is -0.247. The van der Waals surface area contributed by atoms with Gasteiger partial charge in [0.15, 0.2) is 0 Å². The van der Waals surface area contributed by atoms with Crippen molar-refractivity contribution in [2.45, 2.75) is 32.7 Å². The van der Waals surface area contributed by atoms with Gasteiger partial charge in [0, 0.05) is 15.9 Å². The van der Waals surface area contributed by atoms with Crippen molar-refractivity contribution >= 4 is 22.9 Å². The molecule has 20 heavy (non-hydrogen) atoms. The molecular formula is C15H18ClFN2S. The number of rotatable bonds is 6. The maximum Gasteiger partial charge on any atom is 0.127 e. The molecule has 0 saturated carbocycles. The summed E-state index contributed by atoms with van der Waals surface area (Å²) in [4.78, 5) is 5.46. The summed E-state index contributed by atoms with van der Waals surface area (Å²) in [5, 5.41) is 3.90. The van der Waals surface area contributed by atoms with Crippen LogP contribution in [0.5, 0.6) is 0 Å². The van der Waals surface area contributed by atoms with Gasteiger partial charge < -0.3 is 5.32 Å². The summed E-state index contributed by atoms with van der Waals surface area (Å²) in [7, 11) is 0. The first kappa shape index (κ1) is 15.4. The summed E-state index contributed by atoms with van der Waals surface area (Å²) in [6, 6.07) is 4.95. The lowest BCUT2D eigenvalue weighted by Gasteiger charge is -2.18. The number of hydrogen-bond donors (Lipinski definition) is 1. The molecule has 0 bridgehead atoms. The number of aryl methyl sites for hydroxylation is 1. The van der Waals surface area contributed by atoms with Crippen LogP contribution in [0, 0.1) is 12.7 Å². The number of nitrogens with one attached hydrogen (secondary N) is 1. The van der Waals surface area contributed by atoms with Crippen LogP contribution >= 0.6 is 22.9 Å². The Kier molecular flexibility index (Phi) is 5.52. The summed E-state index contributed by atoms with van der Waals surface area (Å²) in [5.41, 5.74) is 3.53. The Morgan fingerprint density at radius 3 is 2.85 bits per heavy atom. The highest BCUT2D eigenvalue weighted by Crippen LogP contribution is 2.27. The molecule has 1 unspecified atom stereocenters. The van der Waals surface area contributed by atoms with Gasteiger partial charge in [-0.3, -0.25) is 0 Å². The van der Waals surface area contributed by atoms with Gasteiger partial charge in [-0.2, -0.15) is 0 Å². The molecule has 0 amide bonds. The highest BCUT2D eigenvalue weighted by Gasteiger charge is 2.18. The number of aromatic nitrogens is 1. The quantitative estimate of drug-likeness (QED) is 0.848. The first-order valence-electron chi connectivity index (χ1n) is 6.69. The monoisotopic (exact) mass is 312 g/mol. The van der Waals surface area contributed by atoms with E-state index in [2.05, 4.69) is 17.2 Å². The molecule has 0 saturated heterocycles. The molecule has 0 aliphatic carbocycles. The summed E-state index contributed by atoms with van der Waals surface area (Å²) in [6.07, 6.45) is 1.64. The van der Waals surface area contributed by atoms with Gasteiger partial charge in [0.1, 0.15) is 5.82 Å². The van der Waals surface area contributed by atoms with Crippen molar-refractivity contribution in [3.05, 3.63) is 50.7 Å². The largest absolute Gasteiger partial charge is 0.309 e. The summed E-state index contributed by atoms with van der Waals surface area (Å²) >= 11 is 7.41. The molecule has 0 aliphatic heterocycles. The lowest BCUT2D eigenvalue weighted by Crippen LogP contribution is -2.24. The van der Waals surface area contributed by atoms with E-state index in [-0.39, 0.29) is 11.9 Å². The van der Waals surface area contributed by atoms with Gasteiger partial charge in [-0.15, -0.1) is 11.3 Å². The maximum absolute atomic E-state index is 14.0. The van der Waals surface area contributed by atoms with Crippen molar-refractivity contribution in [2.24, 2.45) is 0 Å². The number of hydrogen-bond acceptors (Lipinski definition) is 3. The second-order valence-corrected chi connectivity index (χ2v) is 6.07. The zero-order valence-corrected chi connectivity index (χ0v) is 13.2. The van der Waals surface area contributed by atoms with Crippen molar-refractivity contribution in [2.75, 3.05) is 6.54 Å². The van der Waals surface area contributed by atoms with E-state index in [4.69, 9.17) is 11.6 Å². The zero-order valence-electron chi connectivity index (χ0n) is 11.6. The SMILES string of the molecule is CCCNC(Cc1ccc(Cl)cc1F)c1scnc1C. The summed E-state index contributed by atoms with van der Waals surface area (Å²) < 4.78 is 14.0. The fourth-order valence-electron chi connectivity index (χ4n) is 2.13. The van der Waals surface area contributed by atoms with Gasteiger partial charge in [-0.1, -0.05) is 24.6 Å². The highest BCUT2D eigenvalue weighted by molar-refractivity contribution is 7.09. The minimum absolute atomic E-state index is 0.0955. The van der Waals surface area contributed by atoms with Gasteiger partial charge in [0.25, 0.3) is 0 Å². The van der Waals surface area contributed by atoms with E-state index in [1.54, 1.807) is 23.5 Å². The number of halogens is 2. The molecule has 1 heterocycles. The molecule has 1 N–H and O–H groups in total. The molecule has 0 spiro atoms. The molecule has 108 valence electrons. The van der Waals surface area contributed by atoms with E-state index in [0.717, 1.165) is 18.7 Å². The van der Waals surface area contributed by atoms with Crippen LogP contribution < -0.4 is 5.32 Å². The van der Waals surface area contributed by atoms with Crippen molar-refractivity contribution in [1.29, 1.82) is 0 Å². The van der Waals surface area contributed by atoms with Crippen LogP contribution in [-0.4, -0.2) is 11.5 Å². The maximum atomic E-state index is 14.0. The Hall–Kier alpha value is -0.970. The molecule has 2 rings (SSSR count). The Morgan fingerprint density at radius 2 is 2.25 bits per heavy atom. The first-order chi connectivity index (χ1) is 9.61. The Morgan fingerprint density at radius 1 is 1.45 bits per heavy atom. The predicted molar refractivity (Wildman–Crippen MR) is 83.0 cm³/mol.